The van der Waals surface area contributed by atoms with Gasteiger partial charge in [-0.3, -0.25) is 0 Å². The second-order valence-electron chi connectivity index (χ2n) is 4.38. The molecule has 0 bridgehead atoms. The summed E-state index contributed by atoms with van der Waals surface area (Å²) in [6, 6.07) is 0. The number of halogens is 1. The highest BCUT2D eigenvalue weighted by molar-refractivity contribution is 5.01. The minimum Gasteiger partial charge on any atom is -0.378 e. The third-order valence-corrected chi connectivity index (χ3v) is 3.54. The van der Waals surface area contributed by atoms with Crippen molar-refractivity contribution in [3.63, 3.8) is 0 Å². The maximum absolute atomic E-state index is 11.8. The normalized spacial score (nSPS) is 38.2. The summed E-state index contributed by atoms with van der Waals surface area (Å²) < 4.78 is 17.1. The fourth-order valence-corrected chi connectivity index (χ4v) is 2.71. The molecule has 2 rings (SSSR count). The first-order valence-corrected chi connectivity index (χ1v) is 5.72. The number of hydrogen-bond acceptors (Lipinski definition) is 1. The van der Waals surface area contributed by atoms with Gasteiger partial charge in [0.2, 0.25) is 0 Å². The molecule has 1 nitrogen and oxygen atoms in total. The highest BCUT2D eigenvalue weighted by atomic mass is 19.1. The highest BCUT2D eigenvalue weighted by Crippen LogP contribution is 2.52. The molecule has 1 fully saturated rings. The van der Waals surface area contributed by atoms with Gasteiger partial charge in [0.15, 0.2) is 0 Å². The smallest absolute Gasteiger partial charge is 0.113 e. The SMILES string of the molecule is FCCOCC1[C@H]2CC/C=C/CC[C@@H]12. The Morgan fingerprint density at radius 2 is 1.79 bits per heavy atom. The summed E-state index contributed by atoms with van der Waals surface area (Å²) in [5, 5.41) is 0. The zero-order valence-electron chi connectivity index (χ0n) is 8.62. The molecule has 0 aliphatic heterocycles. The van der Waals surface area contributed by atoms with Crippen molar-refractivity contribution in [1.29, 1.82) is 0 Å². The van der Waals surface area contributed by atoms with Crippen molar-refractivity contribution in [1.82, 2.24) is 0 Å². The second kappa shape index (κ2) is 4.92. The Morgan fingerprint density at radius 3 is 2.36 bits per heavy atom. The molecule has 3 atom stereocenters. The van der Waals surface area contributed by atoms with Gasteiger partial charge in [0.25, 0.3) is 0 Å². The monoisotopic (exact) mass is 198 g/mol. The minimum absolute atomic E-state index is 0.286. The van der Waals surface area contributed by atoms with Crippen LogP contribution in [0.2, 0.25) is 0 Å². The molecule has 1 unspecified atom stereocenters. The molecule has 14 heavy (non-hydrogen) atoms. The van der Waals surface area contributed by atoms with Crippen molar-refractivity contribution in [2.24, 2.45) is 17.8 Å². The molecule has 0 spiro atoms. The van der Waals surface area contributed by atoms with Gasteiger partial charge in [-0.1, -0.05) is 12.2 Å². The van der Waals surface area contributed by atoms with Gasteiger partial charge in [-0.05, 0) is 43.4 Å². The van der Waals surface area contributed by atoms with Crippen LogP contribution in [0.3, 0.4) is 0 Å². The Balaban J connectivity index is 1.71. The number of rotatable bonds is 4. The number of ether oxygens (including phenoxy) is 1. The molecule has 2 aliphatic carbocycles. The maximum atomic E-state index is 11.8. The van der Waals surface area contributed by atoms with E-state index >= 15 is 0 Å². The molecule has 2 heteroatoms. The van der Waals surface area contributed by atoms with Crippen LogP contribution in [0, 0.1) is 17.8 Å². The molecule has 1 saturated carbocycles. The molecule has 0 saturated heterocycles. The van der Waals surface area contributed by atoms with Gasteiger partial charge in [0, 0.05) is 0 Å². The van der Waals surface area contributed by atoms with E-state index in [9.17, 15) is 4.39 Å². The molecule has 2 aliphatic rings. The predicted octanol–water partition coefficient (Wildman–Crippen LogP) is 2.96. The zero-order valence-corrected chi connectivity index (χ0v) is 8.62. The fourth-order valence-electron chi connectivity index (χ4n) is 2.71. The highest BCUT2D eigenvalue weighted by Gasteiger charge is 2.48. The lowest BCUT2D eigenvalue weighted by molar-refractivity contribution is 0.104. The van der Waals surface area contributed by atoms with Crippen molar-refractivity contribution in [3.05, 3.63) is 12.2 Å². The van der Waals surface area contributed by atoms with Gasteiger partial charge in [0.1, 0.15) is 6.67 Å². The van der Waals surface area contributed by atoms with E-state index in [1.165, 1.54) is 25.7 Å². The third kappa shape index (κ3) is 2.35. The maximum Gasteiger partial charge on any atom is 0.113 e. The summed E-state index contributed by atoms with van der Waals surface area (Å²) in [7, 11) is 0. The Hall–Kier alpha value is -0.370. The zero-order chi connectivity index (χ0) is 9.80. The van der Waals surface area contributed by atoms with E-state index in [4.69, 9.17) is 4.74 Å². The Kier molecular flexibility index (Phi) is 3.57. The molecule has 0 heterocycles. The number of allylic oxidation sites excluding steroid dienone is 2. The number of hydrogen-bond donors (Lipinski definition) is 0. The average molecular weight is 198 g/mol. The quantitative estimate of drug-likeness (QED) is 0.498. The summed E-state index contributed by atoms with van der Waals surface area (Å²) in [5.74, 6) is 2.49. The van der Waals surface area contributed by atoms with Crippen molar-refractivity contribution in [2.45, 2.75) is 25.7 Å². The lowest BCUT2D eigenvalue weighted by atomic mass is 10.1. The average Bonchev–Trinajstić information content (AvgIpc) is 2.76. The molecular formula is C12H19FO. The lowest BCUT2D eigenvalue weighted by Gasteiger charge is -1.99. The molecule has 0 N–H and O–H groups in total. The summed E-state index contributed by atoms with van der Waals surface area (Å²) in [6.45, 7) is 0.733. The summed E-state index contributed by atoms with van der Waals surface area (Å²) in [4.78, 5) is 0. The van der Waals surface area contributed by atoms with Crippen LogP contribution in [-0.2, 0) is 4.74 Å². The van der Waals surface area contributed by atoms with E-state index in [1.54, 1.807) is 0 Å². The van der Waals surface area contributed by atoms with Gasteiger partial charge in [0.05, 0.1) is 13.2 Å². The van der Waals surface area contributed by atoms with Crippen LogP contribution >= 0.6 is 0 Å². The molecular weight excluding hydrogens is 179 g/mol. The molecule has 0 aromatic rings. The molecule has 80 valence electrons. The van der Waals surface area contributed by atoms with E-state index in [-0.39, 0.29) is 13.3 Å². The van der Waals surface area contributed by atoms with Crippen molar-refractivity contribution in [3.8, 4) is 0 Å². The largest absolute Gasteiger partial charge is 0.378 e. The van der Waals surface area contributed by atoms with E-state index in [0.717, 1.165) is 24.4 Å². The third-order valence-electron chi connectivity index (χ3n) is 3.54. The Bertz CT molecular complexity index is 186. The first kappa shape index (κ1) is 10.2. The number of alkyl halides is 1. The van der Waals surface area contributed by atoms with E-state index < -0.39 is 0 Å². The summed E-state index contributed by atoms with van der Waals surface area (Å²) >= 11 is 0. The summed E-state index contributed by atoms with van der Waals surface area (Å²) in [6.07, 6.45) is 9.67. The minimum atomic E-state index is -0.344. The van der Waals surface area contributed by atoms with Crippen LogP contribution in [0.4, 0.5) is 4.39 Å². The first-order valence-electron chi connectivity index (χ1n) is 5.72. The predicted molar refractivity (Wildman–Crippen MR) is 54.9 cm³/mol. The lowest BCUT2D eigenvalue weighted by Crippen LogP contribution is -2.01. The van der Waals surface area contributed by atoms with Crippen LogP contribution in [-0.4, -0.2) is 19.9 Å². The van der Waals surface area contributed by atoms with Gasteiger partial charge < -0.3 is 4.74 Å². The van der Waals surface area contributed by atoms with Crippen LogP contribution in [0.1, 0.15) is 25.7 Å². The van der Waals surface area contributed by atoms with Gasteiger partial charge in [-0.2, -0.15) is 0 Å². The standard InChI is InChI=1S/C12H19FO/c13-7-8-14-9-12-10-5-3-1-2-4-6-11(10)12/h1-2,10-12H,3-9H2/b2-1+/t10-,11+,12?. The van der Waals surface area contributed by atoms with Crippen molar-refractivity contribution in [2.75, 3.05) is 19.9 Å². The van der Waals surface area contributed by atoms with Crippen LogP contribution in [0.15, 0.2) is 12.2 Å². The molecule has 0 aromatic heterocycles. The Labute approximate surface area is 85.3 Å². The van der Waals surface area contributed by atoms with Crippen LogP contribution in [0.25, 0.3) is 0 Å². The van der Waals surface area contributed by atoms with E-state index in [2.05, 4.69) is 12.2 Å². The topological polar surface area (TPSA) is 9.23 Å². The van der Waals surface area contributed by atoms with Crippen molar-refractivity contribution < 1.29 is 9.13 Å². The van der Waals surface area contributed by atoms with E-state index in [1.807, 2.05) is 0 Å². The van der Waals surface area contributed by atoms with Crippen LogP contribution < -0.4 is 0 Å². The fraction of sp³-hybridized carbons (Fsp3) is 0.833. The first-order chi connectivity index (χ1) is 6.93. The summed E-state index contributed by atoms with van der Waals surface area (Å²) in [5.41, 5.74) is 0. The molecule has 0 amide bonds. The second-order valence-corrected chi connectivity index (χ2v) is 4.38. The van der Waals surface area contributed by atoms with Crippen molar-refractivity contribution >= 4 is 0 Å². The van der Waals surface area contributed by atoms with Crippen LogP contribution in [0.5, 0.6) is 0 Å². The van der Waals surface area contributed by atoms with Gasteiger partial charge >= 0.3 is 0 Å². The Morgan fingerprint density at radius 1 is 1.14 bits per heavy atom. The molecule has 0 aromatic carbocycles. The number of fused-ring (bicyclic) bond motifs is 1. The molecule has 0 radical (unpaired) electrons. The van der Waals surface area contributed by atoms with E-state index in [0.29, 0.717) is 0 Å². The van der Waals surface area contributed by atoms with Gasteiger partial charge in [-0.25, -0.2) is 4.39 Å². The van der Waals surface area contributed by atoms with Gasteiger partial charge in [-0.15, -0.1) is 0 Å².